The van der Waals surface area contributed by atoms with Crippen molar-refractivity contribution in [1.82, 2.24) is 4.98 Å². The van der Waals surface area contributed by atoms with Gasteiger partial charge < -0.3 is 4.74 Å². The van der Waals surface area contributed by atoms with Gasteiger partial charge in [-0.25, -0.2) is 14.7 Å². The molecule has 6 heteroatoms. The lowest BCUT2D eigenvalue weighted by Gasteiger charge is -2.25. The molecule has 0 unspecified atom stereocenters. The van der Waals surface area contributed by atoms with Crippen LogP contribution in [-0.2, 0) is 4.74 Å². The molecule has 1 heterocycles. The number of carbonyl (C=O) groups is 1. The third kappa shape index (κ3) is 4.73. The van der Waals surface area contributed by atoms with E-state index in [-0.39, 0.29) is 6.54 Å². The molecule has 0 aliphatic carbocycles. The zero-order valence-corrected chi connectivity index (χ0v) is 13.2. The molecule has 0 spiro atoms. The lowest BCUT2D eigenvalue weighted by atomic mass is 10.2. The Balaban J connectivity index is 3.03. The Bertz CT molecular complexity index is 520. The first-order valence-corrected chi connectivity index (χ1v) is 6.66. The molecule has 1 aromatic heterocycles. The number of ether oxygens (including phenoxy) is 1. The fourth-order valence-electron chi connectivity index (χ4n) is 1.20. The smallest absolute Gasteiger partial charge is 0.416 e. The Morgan fingerprint density at radius 3 is 2.74 bits per heavy atom. The Morgan fingerprint density at radius 1 is 1.63 bits per heavy atom. The molecule has 0 radical (unpaired) electrons. The number of amides is 1. The summed E-state index contributed by atoms with van der Waals surface area (Å²) >= 11 is 9.14. The van der Waals surface area contributed by atoms with Gasteiger partial charge in [-0.15, -0.1) is 6.42 Å². The summed E-state index contributed by atoms with van der Waals surface area (Å²) in [5.41, 5.74) is -0.604. The predicted molar refractivity (Wildman–Crippen MR) is 79.4 cm³/mol. The molecule has 0 saturated carbocycles. The Kier molecular flexibility index (Phi) is 5.21. The van der Waals surface area contributed by atoms with Gasteiger partial charge >= 0.3 is 6.09 Å². The molecular formula is C13H14BrClN2O2. The maximum atomic E-state index is 12.1. The Morgan fingerprint density at radius 2 is 2.26 bits per heavy atom. The lowest BCUT2D eigenvalue weighted by Crippen LogP contribution is -2.37. The molecule has 0 saturated heterocycles. The van der Waals surface area contributed by atoms with Crippen LogP contribution in [0.5, 0.6) is 0 Å². The van der Waals surface area contributed by atoms with Crippen LogP contribution in [0.4, 0.5) is 10.6 Å². The largest absolute Gasteiger partial charge is 0.443 e. The van der Waals surface area contributed by atoms with E-state index >= 15 is 0 Å². The normalized spacial score (nSPS) is 10.7. The van der Waals surface area contributed by atoms with Crippen molar-refractivity contribution in [2.45, 2.75) is 26.4 Å². The van der Waals surface area contributed by atoms with Crippen LogP contribution >= 0.6 is 27.5 Å². The van der Waals surface area contributed by atoms with E-state index in [0.29, 0.717) is 15.3 Å². The SMILES string of the molecule is C#CCN(C(=O)OC(C)(C)C)c1cc(Br)c(Cl)cn1. The quantitative estimate of drug-likeness (QED) is 0.764. The fourth-order valence-corrected chi connectivity index (χ4v) is 1.61. The number of terminal acetylenes is 1. The maximum absolute atomic E-state index is 12.1. The zero-order valence-electron chi connectivity index (χ0n) is 10.9. The summed E-state index contributed by atoms with van der Waals surface area (Å²) in [6, 6.07) is 1.61. The highest BCUT2D eigenvalue weighted by Crippen LogP contribution is 2.26. The second-order valence-corrected chi connectivity index (χ2v) is 5.99. The van der Waals surface area contributed by atoms with Crippen molar-refractivity contribution in [3.63, 3.8) is 0 Å². The topological polar surface area (TPSA) is 42.4 Å². The van der Waals surface area contributed by atoms with Crippen LogP contribution in [0.2, 0.25) is 5.02 Å². The molecule has 0 aliphatic heterocycles. The van der Waals surface area contributed by atoms with Crippen molar-refractivity contribution in [2.75, 3.05) is 11.4 Å². The Labute approximate surface area is 126 Å². The molecule has 19 heavy (non-hydrogen) atoms. The molecule has 0 N–H and O–H groups in total. The highest BCUT2D eigenvalue weighted by atomic mass is 79.9. The highest BCUT2D eigenvalue weighted by molar-refractivity contribution is 9.10. The monoisotopic (exact) mass is 344 g/mol. The minimum absolute atomic E-state index is 0.0655. The van der Waals surface area contributed by atoms with Crippen molar-refractivity contribution in [1.29, 1.82) is 0 Å². The van der Waals surface area contributed by atoms with Crippen molar-refractivity contribution in [3.8, 4) is 12.3 Å². The molecule has 0 aliphatic rings. The lowest BCUT2D eigenvalue weighted by molar-refractivity contribution is 0.0584. The van der Waals surface area contributed by atoms with Gasteiger partial charge in [0.2, 0.25) is 0 Å². The number of nitrogens with zero attached hydrogens (tertiary/aromatic N) is 2. The second kappa shape index (κ2) is 6.27. The number of hydrogen-bond acceptors (Lipinski definition) is 3. The van der Waals surface area contributed by atoms with E-state index in [1.807, 2.05) is 0 Å². The molecule has 0 fully saturated rings. The average molecular weight is 346 g/mol. The summed E-state index contributed by atoms with van der Waals surface area (Å²) in [5.74, 6) is 2.78. The van der Waals surface area contributed by atoms with Crippen LogP contribution in [0.25, 0.3) is 0 Å². The van der Waals surface area contributed by atoms with Crippen LogP contribution in [0.3, 0.4) is 0 Å². The summed E-state index contributed by atoms with van der Waals surface area (Å²) in [4.78, 5) is 17.4. The molecule has 102 valence electrons. The minimum atomic E-state index is -0.604. The highest BCUT2D eigenvalue weighted by Gasteiger charge is 2.24. The third-order valence-corrected chi connectivity index (χ3v) is 3.12. The van der Waals surface area contributed by atoms with Gasteiger partial charge in [-0.05, 0) is 42.8 Å². The molecule has 0 atom stereocenters. The van der Waals surface area contributed by atoms with Crippen LogP contribution < -0.4 is 4.90 Å². The van der Waals surface area contributed by atoms with E-state index < -0.39 is 11.7 Å². The number of aromatic nitrogens is 1. The molecule has 4 nitrogen and oxygen atoms in total. The van der Waals surface area contributed by atoms with Gasteiger partial charge in [-0.1, -0.05) is 17.5 Å². The summed E-state index contributed by atoms with van der Waals surface area (Å²) in [5, 5.41) is 0.452. The molecule has 0 aromatic carbocycles. The summed E-state index contributed by atoms with van der Waals surface area (Å²) in [6.45, 7) is 5.41. The van der Waals surface area contributed by atoms with Crippen LogP contribution in [0.15, 0.2) is 16.7 Å². The maximum Gasteiger partial charge on any atom is 0.416 e. The van der Waals surface area contributed by atoms with E-state index in [9.17, 15) is 4.79 Å². The standard InChI is InChI=1S/C13H14BrClN2O2/c1-5-6-17(12(18)19-13(2,3)4)11-7-9(14)10(15)8-16-11/h1,7-8H,6H2,2-4H3. The van der Waals surface area contributed by atoms with Gasteiger partial charge in [0.15, 0.2) is 0 Å². The summed E-state index contributed by atoms with van der Waals surface area (Å²) < 4.78 is 5.91. The first-order chi connectivity index (χ1) is 8.74. The zero-order chi connectivity index (χ0) is 14.6. The average Bonchev–Trinajstić information content (AvgIpc) is 2.27. The number of carbonyl (C=O) groups excluding carboxylic acids is 1. The number of rotatable bonds is 2. The third-order valence-electron chi connectivity index (χ3n) is 1.93. The number of halogens is 2. The second-order valence-electron chi connectivity index (χ2n) is 4.73. The van der Waals surface area contributed by atoms with E-state index in [4.69, 9.17) is 22.8 Å². The van der Waals surface area contributed by atoms with E-state index in [0.717, 1.165) is 0 Å². The van der Waals surface area contributed by atoms with Gasteiger partial charge in [0.25, 0.3) is 0 Å². The van der Waals surface area contributed by atoms with Gasteiger partial charge in [0, 0.05) is 10.7 Å². The van der Waals surface area contributed by atoms with Crippen LogP contribution in [0.1, 0.15) is 20.8 Å². The molecular weight excluding hydrogens is 332 g/mol. The molecule has 1 rings (SSSR count). The molecule has 1 amide bonds. The van der Waals surface area contributed by atoms with Gasteiger partial charge in [0.1, 0.15) is 11.4 Å². The van der Waals surface area contributed by atoms with Crippen molar-refractivity contribution >= 4 is 39.4 Å². The van der Waals surface area contributed by atoms with Crippen LogP contribution in [0, 0.1) is 12.3 Å². The molecule has 1 aromatic rings. The minimum Gasteiger partial charge on any atom is -0.443 e. The number of hydrogen-bond donors (Lipinski definition) is 0. The van der Waals surface area contributed by atoms with E-state index in [1.165, 1.54) is 11.1 Å². The number of pyridine rings is 1. The Hall–Kier alpha value is -1.25. The van der Waals surface area contributed by atoms with Crippen molar-refractivity contribution < 1.29 is 9.53 Å². The fraction of sp³-hybridized carbons (Fsp3) is 0.385. The van der Waals surface area contributed by atoms with Gasteiger partial charge in [-0.2, -0.15) is 0 Å². The van der Waals surface area contributed by atoms with E-state index in [1.54, 1.807) is 26.8 Å². The van der Waals surface area contributed by atoms with Crippen LogP contribution in [-0.4, -0.2) is 23.2 Å². The summed E-state index contributed by atoms with van der Waals surface area (Å²) in [6.07, 6.45) is 6.16. The van der Waals surface area contributed by atoms with Crippen molar-refractivity contribution in [3.05, 3.63) is 21.8 Å². The molecule has 0 bridgehead atoms. The predicted octanol–water partition coefficient (Wildman–Crippen LogP) is 3.87. The summed E-state index contributed by atoms with van der Waals surface area (Å²) in [7, 11) is 0. The first kappa shape index (κ1) is 15.8. The van der Waals surface area contributed by atoms with Gasteiger partial charge in [0.05, 0.1) is 11.6 Å². The van der Waals surface area contributed by atoms with Gasteiger partial charge in [-0.3, -0.25) is 0 Å². The van der Waals surface area contributed by atoms with Crippen molar-refractivity contribution in [2.24, 2.45) is 0 Å². The first-order valence-electron chi connectivity index (χ1n) is 5.49. The number of anilines is 1. The van der Waals surface area contributed by atoms with E-state index in [2.05, 4.69) is 26.8 Å².